The summed E-state index contributed by atoms with van der Waals surface area (Å²) in [6.45, 7) is 5.83. The van der Waals surface area contributed by atoms with Crippen molar-refractivity contribution in [3.8, 4) is 0 Å². The summed E-state index contributed by atoms with van der Waals surface area (Å²) in [5, 5.41) is 14.0. The summed E-state index contributed by atoms with van der Waals surface area (Å²) in [6.07, 6.45) is 12.8. The molecule has 0 heterocycles. The molecule has 2 atom stereocenters. The first-order valence-corrected chi connectivity index (χ1v) is 8.53. The number of aliphatic hydroxyl groups is 1. The highest BCUT2D eigenvalue weighted by molar-refractivity contribution is 4.90. The van der Waals surface area contributed by atoms with Crippen LogP contribution in [0.3, 0.4) is 0 Å². The predicted molar refractivity (Wildman–Crippen MR) is 81.2 cm³/mol. The highest BCUT2D eigenvalue weighted by atomic mass is 16.3. The maximum Gasteiger partial charge on any atom is 0.0693 e. The normalized spacial score (nSPS) is 31.6. The molecule has 0 bridgehead atoms. The number of nitrogens with one attached hydrogen (secondary N) is 1. The fourth-order valence-corrected chi connectivity index (χ4v) is 4.32. The minimum atomic E-state index is -0.111. The molecule has 2 aliphatic carbocycles. The van der Waals surface area contributed by atoms with Crippen LogP contribution in [-0.4, -0.2) is 23.8 Å². The Labute approximate surface area is 119 Å². The Hall–Kier alpha value is -0.0800. The van der Waals surface area contributed by atoms with Crippen molar-refractivity contribution in [1.29, 1.82) is 0 Å². The second-order valence-corrected chi connectivity index (χ2v) is 7.50. The van der Waals surface area contributed by atoms with E-state index in [9.17, 15) is 5.11 Å². The largest absolute Gasteiger partial charge is 0.392 e. The van der Waals surface area contributed by atoms with Gasteiger partial charge in [-0.25, -0.2) is 0 Å². The molecule has 0 aromatic rings. The molecule has 0 amide bonds. The zero-order valence-electron chi connectivity index (χ0n) is 13.0. The molecule has 0 spiro atoms. The fourth-order valence-electron chi connectivity index (χ4n) is 4.32. The Bertz CT molecular complexity index is 258. The summed E-state index contributed by atoms with van der Waals surface area (Å²) >= 11 is 0. The molecule has 2 rings (SSSR count). The van der Waals surface area contributed by atoms with Crippen LogP contribution in [0.2, 0.25) is 0 Å². The molecule has 19 heavy (non-hydrogen) atoms. The highest BCUT2D eigenvalue weighted by Crippen LogP contribution is 2.42. The van der Waals surface area contributed by atoms with Gasteiger partial charge in [-0.2, -0.15) is 0 Å². The van der Waals surface area contributed by atoms with Crippen LogP contribution in [0.15, 0.2) is 0 Å². The van der Waals surface area contributed by atoms with Gasteiger partial charge >= 0.3 is 0 Å². The summed E-state index contributed by atoms with van der Waals surface area (Å²) in [5.41, 5.74) is 0.528. The third-order valence-electron chi connectivity index (χ3n) is 5.22. The molecule has 0 aromatic carbocycles. The van der Waals surface area contributed by atoms with E-state index in [0.717, 1.165) is 18.9 Å². The number of rotatable bonds is 5. The van der Waals surface area contributed by atoms with Gasteiger partial charge < -0.3 is 10.4 Å². The predicted octanol–water partition coefficient (Wildman–Crippen LogP) is 3.88. The first-order chi connectivity index (χ1) is 9.11. The van der Waals surface area contributed by atoms with Crippen molar-refractivity contribution in [2.24, 2.45) is 11.3 Å². The van der Waals surface area contributed by atoms with Crippen LogP contribution in [0.1, 0.15) is 78.1 Å². The van der Waals surface area contributed by atoms with Gasteiger partial charge in [0.25, 0.3) is 0 Å². The lowest BCUT2D eigenvalue weighted by Crippen LogP contribution is -2.44. The molecule has 0 saturated heterocycles. The maximum atomic E-state index is 10.2. The van der Waals surface area contributed by atoms with Crippen LogP contribution >= 0.6 is 0 Å². The minimum Gasteiger partial charge on any atom is -0.392 e. The Kier molecular flexibility index (Phi) is 5.70. The standard InChI is InChI=1S/C17H33NO/c1-14(2)12-17(10-6-7-11-17)13-18-15-8-4-3-5-9-16(15)19/h14-16,18-19H,3-13H2,1-2H3. The van der Waals surface area contributed by atoms with Crippen molar-refractivity contribution in [3.05, 3.63) is 0 Å². The van der Waals surface area contributed by atoms with E-state index in [2.05, 4.69) is 19.2 Å². The number of hydrogen-bond acceptors (Lipinski definition) is 2. The van der Waals surface area contributed by atoms with E-state index in [-0.39, 0.29) is 6.10 Å². The molecule has 2 nitrogen and oxygen atoms in total. The average Bonchev–Trinajstić information content (AvgIpc) is 2.70. The van der Waals surface area contributed by atoms with Crippen LogP contribution < -0.4 is 5.32 Å². The Balaban J connectivity index is 1.87. The first-order valence-electron chi connectivity index (χ1n) is 8.53. The molecule has 0 aliphatic heterocycles. The van der Waals surface area contributed by atoms with Crippen LogP contribution in [0.5, 0.6) is 0 Å². The molecular weight excluding hydrogens is 234 g/mol. The molecule has 2 unspecified atom stereocenters. The fraction of sp³-hybridized carbons (Fsp3) is 1.00. The SMILES string of the molecule is CC(C)CC1(CNC2CCCCCC2O)CCCC1. The lowest BCUT2D eigenvalue weighted by Gasteiger charge is -2.34. The lowest BCUT2D eigenvalue weighted by molar-refractivity contribution is 0.107. The molecule has 0 radical (unpaired) electrons. The van der Waals surface area contributed by atoms with E-state index in [0.29, 0.717) is 11.5 Å². The Morgan fingerprint density at radius 1 is 1.05 bits per heavy atom. The van der Waals surface area contributed by atoms with E-state index in [4.69, 9.17) is 0 Å². The second kappa shape index (κ2) is 7.08. The van der Waals surface area contributed by atoms with Gasteiger partial charge in [0.2, 0.25) is 0 Å². The van der Waals surface area contributed by atoms with Crippen molar-refractivity contribution in [2.75, 3.05) is 6.54 Å². The third-order valence-corrected chi connectivity index (χ3v) is 5.22. The minimum absolute atomic E-state index is 0.111. The van der Waals surface area contributed by atoms with Gasteiger partial charge in [0, 0.05) is 12.6 Å². The number of aliphatic hydroxyl groups excluding tert-OH is 1. The zero-order chi connectivity index (χ0) is 13.7. The maximum absolute atomic E-state index is 10.2. The molecule has 2 fully saturated rings. The summed E-state index contributed by atoms with van der Waals surface area (Å²) in [6, 6.07) is 0.354. The molecular formula is C17H33NO. The van der Waals surface area contributed by atoms with Crippen molar-refractivity contribution < 1.29 is 5.11 Å². The smallest absolute Gasteiger partial charge is 0.0693 e. The van der Waals surface area contributed by atoms with Crippen LogP contribution in [0.25, 0.3) is 0 Å². The van der Waals surface area contributed by atoms with Crippen molar-refractivity contribution in [2.45, 2.75) is 90.2 Å². The van der Waals surface area contributed by atoms with Gasteiger partial charge in [-0.05, 0) is 43.4 Å². The Morgan fingerprint density at radius 2 is 1.74 bits per heavy atom. The van der Waals surface area contributed by atoms with Crippen LogP contribution in [-0.2, 0) is 0 Å². The molecule has 2 aliphatic rings. The topological polar surface area (TPSA) is 32.3 Å². The molecule has 0 aromatic heterocycles. The van der Waals surface area contributed by atoms with Gasteiger partial charge in [-0.1, -0.05) is 46.0 Å². The zero-order valence-corrected chi connectivity index (χ0v) is 13.0. The van der Waals surface area contributed by atoms with Gasteiger partial charge in [0.05, 0.1) is 6.10 Å². The van der Waals surface area contributed by atoms with Gasteiger partial charge in [-0.3, -0.25) is 0 Å². The average molecular weight is 267 g/mol. The second-order valence-electron chi connectivity index (χ2n) is 7.50. The van der Waals surface area contributed by atoms with Crippen LogP contribution in [0, 0.1) is 11.3 Å². The van der Waals surface area contributed by atoms with Crippen LogP contribution in [0.4, 0.5) is 0 Å². The van der Waals surface area contributed by atoms with E-state index in [1.807, 2.05) is 0 Å². The monoisotopic (exact) mass is 267 g/mol. The number of hydrogen-bond donors (Lipinski definition) is 2. The van der Waals surface area contributed by atoms with Crippen molar-refractivity contribution in [1.82, 2.24) is 5.32 Å². The van der Waals surface area contributed by atoms with Gasteiger partial charge in [0.1, 0.15) is 0 Å². The van der Waals surface area contributed by atoms with Gasteiger partial charge in [-0.15, -0.1) is 0 Å². The van der Waals surface area contributed by atoms with E-state index >= 15 is 0 Å². The Morgan fingerprint density at radius 3 is 2.42 bits per heavy atom. The highest BCUT2D eigenvalue weighted by Gasteiger charge is 2.35. The summed E-state index contributed by atoms with van der Waals surface area (Å²) < 4.78 is 0. The van der Waals surface area contributed by atoms with E-state index in [1.54, 1.807) is 0 Å². The van der Waals surface area contributed by atoms with Crippen molar-refractivity contribution in [3.63, 3.8) is 0 Å². The summed E-state index contributed by atoms with van der Waals surface area (Å²) in [4.78, 5) is 0. The molecule has 2 heteroatoms. The summed E-state index contributed by atoms with van der Waals surface area (Å²) in [5.74, 6) is 0.791. The quantitative estimate of drug-likeness (QED) is 0.741. The van der Waals surface area contributed by atoms with E-state index < -0.39 is 0 Å². The first kappa shape index (κ1) is 15.3. The van der Waals surface area contributed by atoms with E-state index in [1.165, 1.54) is 57.8 Å². The van der Waals surface area contributed by atoms with Gasteiger partial charge in [0.15, 0.2) is 0 Å². The molecule has 2 saturated carbocycles. The third kappa shape index (κ3) is 4.46. The molecule has 112 valence electrons. The molecule has 2 N–H and O–H groups in total. The lowest BCUT2D eigenvalue weighted by atomic mass is 9.78. The van der Waals surface area contributed by atoms with Crippen molar-refractivity contribution >= 4 is 0 Å². The summed E-state index contributed by atoms with van der Waals surface area (Å²) in [7, 11) is 0.